The number of piperidine rings is 1. The van der Waals surface area contributed by atoms with Crippen molar-refractivity contribution in [2.45, 2.75) is 49.7 Å². The van der Waals surface area contributed by atoms with E-state index in [-0.39, 0.29) is 17.4 Å². The molecule has 1 spiro atoms. The van der Waals surface area contributed by atoms with Gasteiger partial charge in [-0.2, -0.15) is 13.2 Å². The lowest BCUT2D eigenvalue weighted by Crippen LogP contribution is -2.51. The normalized spacial score (nSPS) is 20.8. The summed E-state index contributed by atoms with van der Waals surface area (Å²) in [5.74, 6) is 0.907. The van der Waals surface area contributed by atoms with Gasteiger partial charge in [0.25, 0.3) is 0 Å². The van der Waals surface area contributed by atoms with Crippen LogP contribution in [0.3, 0.4) is 0 Å². The topological polar surface area (TPSA) is 41.6 Å². The number of nitrogens with one attached hydrogen (secondary N) is 1. The number of fused-ring (bicyclic) bond motifs is 2. The molecule has 1 unspecified atom stereocenters. The van der Waals surface area contributed by atoms with Crippen molar-refractivity contribution in [3.63, 3.8) is 0 Å². The number of halogens is 4. The highest BCUT2D eigenvalue weighted by atomic mass is 35.5. The SMILES string of the molecule is O=C(Nc1ccc(Cl)cc1)C(CC1CC1)N1CCC2(CC1)COc1cc(C(F)(F)F)ccc12. The van der Waals surface area contributed by atoms with Crippen LogP contribution in [0.5, 0.6) is 5.75 Å². The van der Waals surface area contributed by atoms with Crippen molar-refractivity contribution >= 4 is 23.2 Å². The van der Waals surface area contributed by atoms with Crippen molar-refractivity contribution in [2.75, 3.05) is 25.0 Å². The molecule has 2 fully saturated rings. The van der Waals surface area contributed by atoms with Gasteiger partial charge in [-0.3, -0.25) is 9.69 Å². The molecule has 1 atom stereocenters. The molecule has 3 aliphatic rings. The molecule has 2 aromatic rings. The third-order valence-electron chi connectivity index (χ3n) is 7.25. The van der Waals surface area contributed by atoms with E-state index < -0.39 is 11.7 Å². The maximum absolute atomic E-state index is 13.2. The summed E-state index contributed by atoms with van der Waals surface area (Å²) in [5.41, 5.74) is 0.614. The van der Waals surface area contributed by atoms with Gasteiger partial charge in [0, 0.05) is 21.7 Å². The number of carbonyl (C=O) groups is 1. The number of alkyl halides is 3. The Hall–Kier alpha value is -2.25. The first-order valence-corrected chi connectivity index (χ1v) is 11.8. The van der Waals surface area contributed by atoms with Crippen molar-refractivity contribution in [1.82, 2.24) is 4.90 Å². The third kappa shape index (κ3) is 4.71. The molecule has 4 nitrogen and oxygen atoms in total. The number of amides is 1. The molecule has 2 aromatic carbocycles. The van der Waals surface area contributed by atoms with Gasteiger partial charge < -0.3 is 10.1 Å². The second-order valence-electron chi connectivity index (χ2n) is 9.50. The van der Waals surface area contributed by atoms with E-state index in [0.29, 0.717) is 36.4 Å². The zero-order valence-electron chi connectivity index (χ0n) is 18.1. The Kier molecular flexibility index (Phi) is 5.81. The van der Waals surface area contributed by atoms with Crippen LogP contribution in [-0.4, -0.2) is 36.5 Å². The molecular weight excluding hydrogens is 453 g/mol. The predicted molar refractivity (Wildman–Crippen MR) is 121 cm³/mol. The molecule has 33 heavy (non-hydrogen) atoms. The molecule has 0 aromatic heterocycles. The highest BCUT2D eigenvalue weighted by Crippen LogP contribution is 2.48. The van der Waals surface area contributed by atoms with Gasteiger partial charge in [-0.1, -0.05) is 30.5 Å². The highest BCUT2D eigenvalue weighted by molar-refractivity contribution is 6.30. The first-order chi connectivity index (χ1) is 15.7. The average molecular weight is 479 g/mol. The lowest BCUT2D eigenvalue weighted by Gasteiger charge is -2.41. The first-order valence-electron chi connectivity index (χ1n) is 11.4. The standard InChI is InChI=1S/C25H26ClF3N2O2/c26-18-4-6-19(7-5-18)30-23(32)21(13-16-1-2-16)31-11-9-24(10-12-31)15-33-22-14-17(25(27,28)29)3-8-20(22)24/h3-8,14,16,21H,1-2,9-13,15H2,(H,30,32). The third-order valence-corrected chi connectivity index (χ3v) is 7.50. The first kappa shape index (κ1) is 22.5. The van der Waals surface area contributed by atoms with Crippen LogP contribution in [-0.2, 0) is 16.4 Å². The molecule has 2 aliphatic heterocycles. The van der Waals surface area contributed by atoms with Crippen molar-refractivity contribution in [2.24, 2.45) is 5.92 Å². The molecule has 1 N–H and O–H groups in total. The Balaban J connectivity index is 1.29. The van der Waals surface area contributed by atoms with Gasteiger partial charge in [0.05, 0.1) is 18.2 Å². The maximum Gasteiger partial charge on any atom is 0.416 e. The van der Waals surface area contributed by atoms with Gasteiger partial charge >= 0.3 is 6.18 Å². The highest BCUT2D eigenvalue weighted by Gasteiger charge is 2.46. The number of ether oxygens (including phenoxy) is 1. The fourth-order valence-corrected chi connectivity index (χ4v) is 5.20. The van der Waals surface area contributed by atoms with E-state index in [1.54, 1.807) is 30.3 Å². The van der Waals surface area contributed by atoms with Crippen LogP contribution in [0.1, 0.15) is 43.2 Å². The fourth-order valence-electron chi connectivity index (χ4n) is 5.08. The lowest BCUT2D eigenvalue weighted by molar-refractivity contribution is -0.137. The van der Waals surface area contributed by atoms with Gasteiger partial charge in [-0.25, -0.2) is 0 Å². The summed E-state index contributed by atoms with van der Waals surface area (Å²) in [6.45, 7) is 1.80. The van der Waals surface area contributed by atoms with Crippen molar-refractivity contribution in [3.05, 3.63) is 58.6 Å². The largest absolute Gasteiger partial charge is 0.492 e. The molecule has 176 valence electrons. The summed E-state index contributed by atoms with van der Waals surface area (Å²) < 4.78 is 45.0. The minimum atomic E-state index is -4.38. The summed E-state index contributed by atoms with van der Waals surface area (Å²) in [5, 5.41) is 3.64. The number of hydrogen-bond donors (Lipinski definition) is 1. The van der Waals surface area contributed by atoms with Gasteiger partial charge in [-0.15, -0.1) is 0 Å². The maximum atomic E-state index is 13.2. The van der Waals surface area contributed by atoms with Crippen LogP contribution in [0.4, 0.5) is 18.9 Å². The number of benzene rings is 2. The Morgan fingerprint density at radius 2 is 1.85 bits per heavy atom. The number of anilines is 1. The molecule has 1 saturated heterocycles. The summed E-state index contributed by atoms with van der Waals surface area (Å²) in [6.07, 6.45) is 0.261. The fraction of sp³-hybridized carbons (Fsp3) is 0.480. The van der Waals surface area contributed by atoms with Gasteiger partial charge in [0.15, 0.2) is 0 Å². The summed E-state index contributed by atoms with van der Waals surface area (Å²) in [6, 6.07) is 10.7. The Morgan fingerprint density at radius 1 is 1.15 bits per heavy atom. The Bertz CT molecular complexity index is 1030. The van der Waals surface area contributed by atoms with Crippen molar-refractivity contribution < 1.29 is 22.7 Å². The van der Waals surface area contributed by atoms with Crippen molar-refractivity contribution in [1.29, 1.82) is 0 Å². The smallest absolute Gasteiger partial charge is 0.416 e. The van der Waals surface area contributed by atoms with E-state index in [0.717, 1.165) is 55.5 Å². The molecule has 8 heteroatoms. The van der Waals surface area contributed by atoms with Crippen LogP contribution in [0, 0.1) is 5.92 Å². The number of hydrogen-bond acceptors (Lipinski definition) is 3. The number of rotatable bonds is 5. The summed E-state index contributed by atoms with van der Waals surface area (Å²) in [4.78, 5) is 15.4. The van der Waals surface area contributed by atoms with Crippen LogP contribution in [0.15, 0.2) is 42.5 Å². The summed E-state index contributed by atoms with van der Waals surface area (Å²) >= 11 is 5.95. The van der Waals surface area contributed by atoms with Crippen LogP contribution in [0.2, 0.25) is 5.02 Å². The zero-order valence-corrected chi connectivity index (χ0v) is 18.9. The quantitative estimate of drug-likeness (QED) is 0.582. The van der Waals surface area contributed by atoms with Gasteiger partial charge in [0.1, 0.15) is 5.75 Å². The molecule has 0 radical (unpaired) electrons. The molecule has 0 bridgehead atoms. The Labute approximate surface area is 196 Å². The van der Waals surface area contributed by atoms with Gasteiger partial charge in [0.2, 0.25) is 5.91 Å². The average Bonchev–Trinajstić information content (AvgIpc) is 3.55. The summed E-state index contributed by atoms with van der Waals surface area (Å²) in [7, 11) is 0. The van der Waals surface area contributed by atoms with E-state index in [4.69, 9.17) is 16.3 Å². The van der Waals surface area contributed by atoms with E-state index in [2.05, 4.69) is 10.2 Å². The second kappa shape index (κ2) is 8.51. The minimum Gasteiger partial charge on any atom is -0.492 e. The number of likely N-dealkylation sites (tertiary alicyclic amines) is 1. The van der Waals surface area contributed by atoms with Crippen LogP contribution in [0.25, 0.3) is 0 Å². The number of nitrogens with zero attached hydrogens (tertiary/aromatic N) is 1. The van der Waals surface area contributed by atoms with E-state index in [1.807, 2.05) is 0 Å². The molecule has 1 amide bonds. The molecular formula is C25H26ClF3N2O2. The van der Waals surface area contributed by atoms with E-state index >= 15 is 0 Å². The monoisotopic (exact) mass is 478 g/mol. The van der Waals surface area contributed by atoms with E-state index in [1.165, 1.54) is 0 Å². The van der Waals surface area contributed by atoms with Gasteiger partial charge in [-0.05, 0) is 74.7 Å². The lowest BCUT2D eigenvalue weighted by atomic mass is 9.74. The molecule has 2 heterocycles. The molecule has 1 aliphatic carbocycles. The Morgan fingerprint density at radius 3 is 2.48 bits per heavy atom. The minimum absolute atomic E-state index is 0.0157. The zero-order chi connectivity index (χ0) is 23.2. The second-order valence-corrected chi connectivity index (χ2v) is 9.94. The number of carbonyl (C=O) groups excluding carboxylic acids is 1. The predicted octanol–water partition coefficient (Wildman–Crippen LogP) is 5.89. The van der Waals surface area contributed by atoms with E-state index in [9.17, 15) is 18.0 Å². The van der Waals surface area contributed by atoms with Crippen LogP contribution >= 0.6 is 11.6 Å². The molecule has 1 saturated carbocycles. The van der Waals surface area contributed by atoms with Crippen LogP contribution < -0.4 is 10.1 Å². The molecule has 5 rings (SSSR count). The van der Waals surface area contributed by atoms with Crippen molar-refractivity contribution in [3.8, 4) is 5.75 Å².